The number of hydrogen-bond donors (Lipinski definition) is 1. The first-order chi connectivity index (χ1) is 15.4. The van der Waals surface area contributed by atoms with Gasteiger partial charge in [0.05, 0.1) is 12.2 Å². The molecule has 1 aliphatic rings. The average molecular weight is 452 g/mol. The normalized spacial score (nSPS) is 17.7. The van der Waals surface area contributed by atoms with Gasteiger partial charge < -0.3 is 14.3 Å². The maximum Gasteiger partial charge on any atom is 0.300 e. The van der Waals surface area contributed by atoms with Crippen LogP contribution >= 0.6 is 11.6 Å². The van der Waals surface area contributed by atoms with E-state index in [0.717, 1.165) is 6.42 Å². The molecule has 2 heterocycles. The highest BCUT2D eigenvalue weighted by Gasteiger charge is 2.48. The topological polar surface area (TPSA) is 80.0 Å². The molecule has 0 bridgehead atoms. The predicted molar refractivity (Wildman–Crippen MR) is 122 cm³/mol. The van der Waals surface area contributed by atoms with Crippen molar-refractivity contribution in [1.82, 2.24) is 0 Å². The maximum atomic E-state index is 13.1. The standard InChI is InChI=1S/C25H22ClNO5/c1-3-13-31-19-10-8-16(9-11-19)23(28)21-22(20-12-7-15(2)32-20)27(25(30)24(21)29)18-6-4-5-17(26)14-18/h4-12,14,22,28H,3,13H2,1-2H3/b23-21-. The minimum Gasteiger partial charge on any atom is -0.507 e. The number of ketones is 1. The number of aryl methyl sites for hydroxylation is 1. The summed E-state index contributed by atoms with van der Waals surface area (Å²) in [6, 6.07) is 15.9. The van der Waals surface area contributed by atoms with Crippen molar-refractivity contribution in [3.05, 3.63) is 88.3 Å². The van der Waals surface area contributed by atoms with Crippen LogP contribution in [0.5, 0.6) is 5.75 Å². The van der Waals surface area contributed by atoms with Gasteiger partial charge in [0.15, 0.2) is 0 Å². The summed E-state index contributed by atoms with van der Waals surface area (Å²) in [6.07, 6.45) is 0.872. The Hall–Kier alpha value is -3.51. The Bertz CT molecular complexity index is 1200. The van der Waals surface area contributed by atoms with Crippen LogP contribution in [0.2, 0.25) is 5.02 Å². The van der Waals surface area contributed by atoms with E-state index >= 15 is 0 Å². The Balaban J connectivity index is 1.83. The lowest BCUT2D eigenvalue weighted by Gasteiger charge is -2.23. The molecule has 164 valence electrons. The number of halogens is 1. The second kappa shape index (κ2) is 8.93. The van der Waals surface area contributed by atoms with E-state index in [1.54, 1.807) is 67.6 Å². The van der Waals surface area contributed by atoms with Gasteiger partial charge in [-0.05, 0) is 67.9 Å². The minimum atomic E-state index is -0.932. The van der Waals surface area contributed by atoms with Crippen LogP contribution in [0.4, 0.5) is 5.69 Å². The number of ether oxygens (including phenoxy) is 1. The number of amides is 1. The van der Waals surface area contributed by atoms with Gasteiger partial charge in [0.2, 0.25) is 0 Å². The van der Waals surface area contributed by atoms with Gasteiger partial charge >= 0.3 is 0 Å². The first-order valence-corrected chi connectivity index (χ1v) is 10.6. The van der Waals surface area contributed by atoms with Crippen LogP contribution in [0.3, 0.4) is 0 Å². The first kappa shape index (κ1) is 21.7. The molecule has 0 spiro atoms. The molecule has 1 fully saturated rings. The number of rotatable bonds is 6. The van der Waals surface area contributed by atoms with Crippen molar-refractivity contribution in [3.63, 3.8) is 0 Å². The molecule has 1 aromatic heterocycles. The van der Waals surface area contributed by atoms with E-state index in [1.807, 2.05) is 6.92 Å². The Kier molecular flexibility index (Phi) is 6.06. The van der Waals surface area contributed by atoms with Crippen molar-refractivity contribution in [2.45, 2.75) is 26.3 Å². The molecule has 1 atom stereocenters. The number of nitrogens with zero attached hydrogens (tertiary/aromatic N) is 1. The van der Waals surface area contributed by atoms with Gasteiger partial charge in [-0.15, -0.1) is 0 Å². The molecule has 3 aromatic rings. The van der Waals surface area contributed by atoms with Crippen molar-refractivity contribution in [2.75, 3.05) is 11.5 Å². The maximum absolute atomic E-state index is 13.1. The second-order valence-electron chi connectivity index (χ2n) is 7.47. The van der Waals surface area contributed by atoms with Crippen molar-refractivity contribution < 1.29 is 23.8 Å². The lowest BCUT2D eigenvalue weighted by molar-refractivity contribution is -0.132. The van der Waals surface area contributed by atoms with Crippen molar-refractivity contribution in [3.8, 4) is 5.75 Å². The molecule has 7 heteroatoms. The van der Waals surface area contributed by atoms with Gasteiger partial charge in [0.1, 0.15) is 29.1 Å². The number of aliphatic hydroxyl groups is 1. The molecular weight excluding hydrogens is 430 g/mol. The molecule has 1 unspecified atom stereocenters. The highest BCUT2D eigenvalue weighted by atomic mass is 35.5. The number of benzene rings is 2. The van der Waals surface area contributed by atoms with Gasteiger partial charge in [0, 0.05) is 16.3 Å². The lowest BCUT2D eigenvalue weighted by Crippen LogP contribution is -2.29. The van der Waals surface area contributed by atoms with E-state index in [-0.39, 0.29) is 11.3 Å². The first-order valence-electron chi connectivity index (χ1n) is 10.3. The molecule has 1 amide bonds. The summed E-state index contributed by atoms with van der Waals surface area (Å²) in [7, 11) is 0. The van der Waals surface area contributed by atoms with E-state index in [2.05, 4.69) is 0 Å². The molecule has 0 saturated carbocycles. The molecule has 0 aliphatic carbocycles. The fourth-order valence-electron chi connectivity index (χ4n) is 3.68. The fraction of sp³-hybridized carbons (Fsp3) is 0.200. The van der Waals surface area contributed by atoms with Crippen LogP contribution in [0.25, 0.3) is 5.76 Å². The average Bonchev–Trinajstić information content (AvgIpc) is 3.33. The summed E-state index contributed by atoms with van der Waals surface area (Å²) in [5, 5.41) is 11.5. The highest BCUT2D eigenvalue weighted by Crippen LogP contribution is 2.43. The van der Waals surface area contributed by atoms with Crippen LogP contribution in [-0.4, -0.2) is 23.4 Å². The summed E-state index contributed by atoms with van der Waals surface area (Å²) in [6.45, 7) is 4.35. The number of anilines is 1. The molecule has 1 N–H and O–H groups in total. The summed E-state index contributed by atoms with van der Waals surface area (Å²) in [5.74, 6) is -0.209. The number of furan rings is 1. The smallest absolute Gasteiger partial charge is 0.300 e. The number of Topliss-reactive ketones (excluding diaryl/α,β-unsaturated/α-hetero) is 1. The zero-order chi connectivity index (χ0) is 22.8. The van der Waals surface area contributed by atoms with Crippen molar-refractivity contribution >= 4 is 34.7 Å². The highest BCUT2D eigenvalue weighted by molar-refractivity contribution is 6.51. The molecule has 0 radical (unpaired) electrons. The van der Waals surface area contributed by atoms with Crippen molar-refractivity contribution in [1.29, 1.82) is 0 Å². The van der Waals surface area contributed by atoms with Gasteiger partial charge in [-0.25, -0.2) is 0 Å². The zero-order valence-electron chi connectivity index (χ0n) is 17.7. The predicted octanol–water partition coefficient (Wildman–Crippen LogP) is 5.66. The Morgan fingerprint density at radius 3 is 2.50 bits per heavy atom. The van der Waals surface area contributed by atoms with Crippen LogP contribution < -0.4 is 9.64 Å². The molecular formula is C25H22ClNO5. The minimum absolute atomic E-state index is 0.0495. The van der Waals surface area contributed by atoms with E-state index in [9.17, 15) is 14.7 Å². The third-order valence-corrected chi connectivity index (χ3v) is 5.40. The lowest BCUT2D eigenvalue weighted by atomic mass is 9.99. The third kappa shape index (κ3) is 4.01. The van der Waals surface area contributed by atoms with Gasteiger partial charge in [-0.2, -0.15) is 0 Å². The zero-order valence-corrected chi connectivity index (χ0v) is 18.4. The Morgan fingerprint density at radius 1 is 1.12 bits per heavy atom. The van der Waals surface area contributed by atoms with Crippen LogP contribution in [-0.2, 0) is 9.59 Å². The van der Waals surface area contributed by atoms with Gasteiger partial charge in [-0.1, -0.05) is 24.6 Å². The fourth-order valence-corrected chi connectivity index (χ4v) is 3.86. The van der Waals surface area contributed by atoms with Gasteiger partial charge in [-0.3, -0.25) is 14.5 Å². The summed E-state index contributed by atoms with van der Waals surface area (Å²) < 4.78 is 11.4. The molecule has 4 rings (SSSR count). The van der Waals surface area contributed by atoms with E-state index in [4.69, 9.17) is 20.8 Å². The molecule has 1 aliphatic heterocycles. The molecule has 2 aromatic carbocycles. The number of carbonyl (C=O) groups is 2. The number of carbonyl (C=O) groups excluding carboxylic acids is 2. The van der Waals surface area contributed by atoms with E-state index in [0.29, 0.717) is 40.2 Å². The monoisotopic (exact) mass is 451 g/mol. The van der Waals surface area contributed by atoms with Gasteiger partial charge in [0.25, 0.3) is 11.7 Å². The molecule has 32 heavy (non-hydrogen) atoms. The summed E-state index contributed by atoms with van der Waals surface area (Å²) >= 11 is 6.13. The summed E-state index contributed by atoms with van der Waals surface area (Å²) in [5.41, 5.74) is 0.777. The SMILES string of the molecule is CCCOc1ccc(/C(O)=C2/C(=O)C(=O)N(c3cccc(Cl)c3)C2c2ccc(C)o2)cc1. The Morgan fingerprint density at radius 2 is 1.88 bits per heavy atom. The number of hydrogen-bond acceptors (Lipinski definition) is 5. The van der Waals surface area contributed by atoms with Crippen LogP contribution in [0, 0.1) is 6.92 Å². The van der Waals surface area contributed by atoms with Crippen LogP contribution in [0.15, 0.2) is 70.7 Å². The van der Waals surface area contributed by atoms with E-state index in [1.165, 1.54) is 4.90 Å². The molecule has 6 nitrogen and oxygen atoms in total. The third-order valence-electron chi connectivity index (χ3n) is 5.16. The quantitative estimate of drug-likeness (QED) is 0.297. The van der Waals surface area contributed by atoms with E-state index < -0.39 is 17.7 Å². The second-order valence-corrected chi connectivity index (χ2v) is 7.91. The van der Waals surface area contributed by atoms with Crippen molar-refractivity contribution in [2.24, 2.45) is 0 Å². The van der Waals surface area contributed by atoms with Crippen LogP contribution in [0.1, 0.15) is 36.5 Å². The summed E-state index contributed by atoms with van der Waals surface area (Å²) in [4.78, 5) is 27.4. The molecule has 1 saturated heterocycles. The largest absolute Gasteiger partial charge is 0.507 e. The Labute approximate surface area is 190 Å². The number of aliphatic hydroxyl groups excluding tert-OH is 1.